The lowest BCUT2D eigenvalue weighted by atomic mass is 10.2. The first kappa shape index (κ1) is 21.3. The second kappa shape index (κ2) is 8.41. The number of amides is 1. The molecule has 1 aliphatic rings. The van der Waals surface area contributed by atoms with Crippen molar-refractivity contribution in [2.45, 2.75) is 17.8 Å². The van der Waals surface area contributed by atoms with Gasteiger partial charge in [-0.05, 0) is 36.9 Å². The molecule has 5 rings (SSSR count). The molecule has 4 aromatic rings. The fraction of sp³-hybridized carbons (Fsp3) is 0.182. The van der Waals surface area contributed by atoms with Gasteiger partial charge in [0.1, 0.15) is 11.2 Å². The number of para-hydroxylation sites is 1. The van der Waals surface area contributed by atoms with Gasteiger partial charge in [0, 0.05) is 11.8 Å². The number of benzene rings is 2. The summed E-state index contributed by atoms with van der Waals surface area (Å²) in [7, 11) is 0. The van der Waals surface area contributed by atoms with Crippen molar-refractivity contribution in [1.82, 2.24) is 14.1 Å². The first-order valence-corrected chi connectivity index (χ1v) is 12.0. The molecule has 3 heterocycles. The number of thiazole rings is 1. The molecule has 168 valence electrons. The Morgan fingerprint density at radius 2 is 1.97 bits per heavy atom. The number of carbonyl (C=O) groups excluding carboxylic acids is 1. The minimum atomic E-state index is -0.624. The number of hydrogen-bond acceptors (Lipinski definition) is 8. The van der Waals surface area contributed by atoms with Crippen molar-refractivity contribution in [1.29, 1.82) is 0 Å². The summed E-state index contributed by atoms with van der Waals surface area (Å²) in [5, 5.41) is 2.77. The summed E-state index contributed by atoms with van der Waals surface area (Å²) in [5.41, 5.74) is 0.865. The van der Waals surface area contributed by atoms with Crippen molar-refractivity contribution < 1.29 is 14.3 Å². The molecule has 0 aliphatic carbocycles. The fourth-order valence-corrected chi connectivity index (χ4v) is 5.08. The number of fused-ring (bicyclic) bond motifs is 2. The van der Waals surface area contributed by atoms with E-state index in [4.69, 9.17) is 9.47 Å². The predicted molar refractivity (Wildman–Crippen MR) is 127 cm³/mol. The van der Waals surface area contributed by atoms with Gasteiger partial charge >= 0.3 is 5.69 Å². The number of aromatic nitrogens is 3. The van der Waals surface area contributed by atoms with E-state index in [9.17, 15) is 14.4 Å². The van der Waals surface area contributed by atoms with Gasteiger partial charge in [0.15, 0.2) is 21.5 Å². The average molecular weight is 483 g/mol. The summed E-state index contributed by atoms with van der Waals surface area (Å²) >= 11 is 2.58. The molecule has 2 aromatic heterocycles. The largest absolute Gasteiger partial charge is 0.454 e. The van der Waals surface area contributed by atoms with Crippen LogP contribution in [0.2, 0.25) is 0 Å². The van der Waals surface area contributed by atoms with E-state index < -0.39 is 17.2 Å². The molecule has 11 heteroatoms. The van der Waals surface area contributed by atoms with Crippen LogP contribution in [0.3, 0.4) is 0 Å². The highest BCUT2D eigenvalue weighted by molar-refractivity contribution is 8.00. The molecular weight excluding hydrogens is 464 g/mol. The highest BCUT2D eigenvalue weighted by Gasteiger charge is 2.21. The van der Waals surface area contributed by atoms with E-state index in [0.29, 0.717) is 31.9 Å². The fourth-order valence-electron chi connectivity index (χ4n) is 3.59. The van der Waals surface area contributed by atoms with Crippen LogP contribution in [0, 0.1) is 6.92 Å². The van der Waals surface area contributed by atoms with Gasteiger partial charge < -0.3 is 14.8 Å². The van der Waals surface area contributed by atoms with Crippen LogP contribution in [0.4, 0.5) is 5.69 Å². The number of rotatable bonds is 5. The molecule has 9 nitrogen and oxygen atoms in total. The normalized spacial score (nSPS) is 12.3. The molecule has 2 aromatic carbocycles. The van der Waals surface area contributed by atoms with Crippen molar-refractivity contribution in [3.05, 3.63) is 68.9 Å². The summed E-state index contributed by atoms with van der Waals surface area (Å²) in [5.74, 6) is 0.693. The topological polar surface area (TPSA) is 104 Å². The van der Waals surface area contributed by atoms with E-state index in [1.165, 1.54) is 27.7 Å². The van der Waals surface area contributed by atoms with E-state index in [0.717, 1.165) is 10.1 Å². The molecule has 0 spiro atoms. The maximum absolute atomic E-state index is 13.5. The maximum Gasteiger partial charge on any atom is 0.337 e. The van der Waals surface area contributed by atoms with Crippen LogP contribution >= 0.6 is 23.1 Å². The zero-order chi connectivity index (χ0) is 23.1. The van der Waals surface area contributed by atoms with Crippen molar-refractivity contribution in [3.8, 4) is 17.2 Å². The molecular formula is C22H18N4O5S2. The number of nitrogens with zero attached hydrogens (tertiary/aromatic N) is 3. The molecule has 0 saturated heterocycles. The van der Waals surface area contributed by atoms with Gasteiger partial charge in [-0.3, -0.25) is 14.2 Å². The summed E-state index contributed by atoms with van der Waals surface area (Å²) in [6.07, 6.45) is 1.84. The number of anilines is 1. The van der Waals surface area contributed by atoms with Crippen LogP contribution < -0.4 is 26.0 Å². The van der Waals surface area contributed by atoms with Gasteiger partial charge in [0.2, 0.25) is 12.7 Å². The van der Waals surface area contributed by atoms with Crippen molar-refractivity contribution in [3.63, 3.8) is 0 Å². The zero-order valence-corrected chi connectivity index (χ0v) is 19.3. The van der Waals surface area contributed by atoms with Crippen LogP contribution in [0.15, 0.2) is 56.4 Å². The van der Waals surface area contributed by atoms with Crippen LogP contribution in [0.25, 0.3) is 16.0 Å². The standard InChI is InChI=1S/C22H18N4O5S2/c1-12-5-3-4-6-14(12)26-20(28)18-19(24-21(32-2)33-18)25(22(26)29)10-17(27)23-13-7-8-15-16(9-13)31-11-30-15/h3-9H,10-11H2,1-2H3,(H,23,27). The Hall–Kier alpha value is -3.57. The Morgan fingerprint density at radius 1 is 1.18 bits per heavy atom. The lowest BCUT2D eigenvalue weighted by Gasteiger charge is -2.13. The lowest BCUT2D eigenvalue weighted by Crippen LogP contribution is -2.40. The SMILES string of the molecule is CSc1nc2c(s1)c(=O)n(-c1ccccc1C)c(=O)n2CC(=O)Nc1ccc2c(c1)OCO2. The van der Waals surface area contributed by atoms with Crippen LogP contribution in [-0.4, -0.2) is 33.1 Å². The van der Waals surface area contributed by atoms with E-state index in [-0.39, 0.29) is 19.0 Å². The zero-order valence-electron chi connectivity index (χ0n) is 17.7. The highest BCUT2D eigenvalue weighted by Crippen LogP contribution is 2.34. The van der Waals surface area contributed by atoms with Crippen molar-refractivity contribution >= 4 is 45.0 Å². The van der Waals surface area contributed by atoms with Gasteiger partial charge in [-0.15, -0.1) is 11.3 Å². The summed E-state index contributed by atoms with van der Waals surface area (Å²) < 4.78 is 13.9. The van der Waals surface area contributed by atoms with E-state index >= 15 is 0 Å². The van der Waals surface area contributed by atoms with Crippen molar-refractivity contribution in [2.24, 2.45) is 0 Å². The molecule has 1 aliphatic heterocycles. The van der Waals surface area contributed by atoms with Crippen LogP contribution in [0.5, 0.6) is 11.5 Å². The van der Waals surface area contributed by atoms with Gasteiger partial charge in [0.25, 0.3) is 5.56 Å². The Kier molecular flexibility index (Phi) is 5.43. The van der Waals surface area contributed by atoms with Crippen LogP contribution in [0.1, 0.15) is 5.56 Å². The molecule has 0 radical (unpaired) electrons. The maximum atomic E-state index is 13.5. The summed E-state index contributed by atoms with van der Waals surface area (Å²) in [6.45, 7) is 1.64. The molecule has 1 amide bonds. The third-order valence-electron chi connectivity index (χ3n) is 5.15. The third kappa shape index (κ3) is 3.79. The van der Waals surface area contributed by atoms with Gasteiger partial charge in [-0.1, -0.05) is 30.0 Å². The summed E-state index contributed by atoms with van der Waals surface area (Å²) in [4.78, 5) is 44.0. The number of hydrogen-bond donors (Lipinski definition) is 1. The lowest BCUT2D eigenvalue weighted by molar-refractivity contribution is -0.116. The van der Waals surface area contributed by atoms with Gasteiger partial charge in [0.05, 0.1) is 5.69 Å². The smallest absolute Gasteiger partial charge is 0.337 e. The molecule has 0 atom stereocenters. The molecule has 1 N–H and O–H groups in total. The molecule has 0 bridgehead atoms. The minimum Gasteiger partial charge on any atom is -0.454 e. The Labute approximate surface area is 195 Å². The average Bonchev–Trinajstić information content (AvgIpc) is 3.45. The van der Waals surface area contributed by atoms with Gasteiger partial charge in [-0.25, -0.2) is 14.3 Å². The van der Waals surface area contributed by atoms with E-state index in [1.807, 2.05) is 25.3 Å². The van der Waals surface area contributed by atoms with E-state index in [2.05, 4.69) is 10.3 Å². The predicted octanol–water partition coefficient (Wildman–Crippen LogP) is 3.01. The Bertz CT molecular complexity index is 1520. The van der Waals surface area contributed by atoms with Gasteiger partial charge in [-0.2, -0.15) is 0 Å². The number of nitrogens with one attached hydrogen (secondary N) is 1. The molecule has 0 saturated carbocycles. The Balaban J connectivity index is 1.59. The second-order valence-electron chi connectivity index (χ2n) is 7.25. The number of carbonyl (C=O) groups is 1. The Morgan fingerprint density at radius 3 is 2.76 bits per heavy atom. The third-order valence-corrected chi connectivity index (χ3v) is 7.17. The summed E-state index contributed by atoms with van der Waals surface area (Å²) in [6, 6.07) is 12.2. The minimum absolute atomic E-state index is 0.127. The number of ether oxygens (including phenoxy) is 2. The first-order chi connectivity index (χ1) is 16.0. The quantitative estimate of drug-likeness (QED) is 0.436. The molecule has 0 fully saturated rings. The van der Waals surface area contributed by atoms with E-state index in [1.54, 1.807) is 30.3 Å². The second-order valence-corrected chi connectivity index (χ2v) is 9.30. The monoisotopic (exact) mass is 482 g/mol. The van der Waals surface area contributed by atoms with Crippen molar-refractivity contribution in [2.75, 3.05) is 18.4 Å². The molecule has 0 unspecified atom stereocenters. The molecule has 33 heavy (non-hydrogen) atoms. The van der Waals surface area contributed by atoms with Crippen LogP contribution in [-0.2, 0) is 11.3 Å². The highest BCUT2D eigenvalue weighted by atomic mass is 32.2. The number of thioether (sulfide) groups is 1. The number of aryl methyl sites for hydroxylation is 1. The first-order valence-electron chi connectivity index (χ1n) is 9.92.